The predicted molar refractivity (Wildman–Crippen MR) is 96.4 cm³/mol. The number of nitrogens with zero attached hydrogens (tertiary/aromatic N) is 2. The Kier molecular flexibility index (Phi) is 3.72. The van der Waals surface area contributed by atoms with Crippen LogP contribution in [0.5, 0.6) is 0 Å². The highest BCUT2D eigenvalue weighted by Gasteiger charge is 2.10. The van der Waals surface area contributed by atoms with E-state index in [1.165, 1.54) is 26.3 Å². The molecule has 0 radical (unpaired) electrons. The van der Waals surface area contributed by atoms with Crippen molar-refractivity contribution >= 4 is 37.7 Å². The Morgan fingerprint density at radius 3 is 3.04 bits per heavy atom. The highest BCUT2D eigenvalue weighted by molar-refractivity contribution is 7.19. The van der Waals surface area contributed by atoms with Crippen LogP contribution in [-0.4, -0.2) is 9.38 Å². The van der Waals surface area contributed by atoms with E-state index >= 15 is 0 Å². The van der Waals surface area contributed by atoms with Gasteiger partial charge < -0.3 is 5.32 Å². The van der Waals surface area contributed by atoms with E-state index in [1.54, 1.807) is 28.0 Å². The molecule has 0 saturated heterocycles. The fourth-order valence-electron chi connectivity index (χ4n) is 2.55. The van der Waals surface area contributed by atoms with Crippen molar-refractivity contribution in [3.63, 3.8) is 0 Å². The average Bonchev–Trinajstić information content (AvgIpc) is 3.19. The summed E-state index contributed by atoms with van der Waals surface area (Å²) in [5.74, 6) is 0. The number of hydrogen-bond acceptors (Lipinski definition) is 5. The lowest BCUT2D eigenvalue weighted by Gasteiger charge is -2.11. The highest BCUT2D eigenvalue weighted by atomic mass is 32.1. The van der Waals surface area contributed by atoms with Crippen LogP contribution in [0, 0.1) is 0 Å². The number of benzene rings is 1. The average molecular weight is 341 g/mol. The van der Waals surface area contributed by atoms with Gasteiger partial charge >= 0.3 is 0 Å². The summed E-state index contributed by atoms with van der Waals surface area (Å²) in [5, 5.41) is 6.62. The smallest absolute Gasteiger partial charge is 0.258 e. The van der Waals surface area contributed by atoms with Crippen molar-refractivity contribution in [2.75, 3.05) is 0 Å². The number of hydrogen-bond donors (Lipinski definition) is 1. The van der Waals surface area contributed by atoms with Crippen LogP contribution in [0.3, 0.4) is 0 Å². The SMILES string of the molecule is CC(NCc1cc(=O)n2ccsc2n1)c1cc2ccccc2s1. The third-order valence-electron chi connectivity index (χ3n) is 3.82. The van der Waals surface area contributed by atoms with Gasteiger partial charge in [0.15, 0.2) is 4.96 Å². The molecule has 4 rings (SSSR count). The number of rotatable bonds is 4. The van der Waals surface area contributed by atoms with E-state index in [9.17, 15) is 4.79 Å². The molecule has 0 amide bonds. The van der Waals surface area contributed by atoms with E-state index in [2.05, 4.69) is 47.6 Å². The summed E-state index contributed by atoms with van der Waals surface area (Å²) in [7, 11) is 0. The summed E-state index contributed by atoms with van der Waals surface area (Å²) >= 11 is 3.28. The van der Waals surface area contributed by atoms with E-state index in [4.69, 9.17) is 0 Å². The molecule has 0 aliphatic rings. The summed E-state index contributed by atoms with van der Waals surface area (Å²) in [6.45, 7) is 2.72. The van der Waals surface area contributed by atoms with Gasteiger partial charge in [-0.2, -0.15) is 0 Å². The summed E-state index contributed by atoms with van der Waals surface area (Å²) in [6.07, 6.45) is 1.76. The molecule has 0 fully saturated rings. The third-order valence-corrected chi connectivity index (χ3v) is 5.87. The first-order valence-corrected chi connectivity index (χ1v) is 9.08. The molecule has 0 aliphatic heterocycles. The van der Waals surface area contributed by atoms with Gasteiger partial charge in [-0.15, -0.1) is 22.7 Å². The van der Waals surface area contributed by atoms with Crippen LogP contribution in [-0.2, 0) is 6.54 Å². The van der Waals surface area contributed by atoms with E-state index in [0.717, 1.165) is 10.7 Å². The van der Waals surface area contributed by atoms with Gasteiger partial charge in [0.05, 0.1) is 5.69 Å². The maximum absolute atomic E-state index is 12.0. The first kappa shape index (κ1) is 14.6. The van der Waals surface area contributed by atoms with Crippen molar-refractivity contribution in [3.05, 3.63) is 68.9 Å². The summed E-state index contributed by atoms with van der Waals surface area (Å²) in [4.78, 5) is 18.6. The van der Waals surface area contributed by atoms with E-state index in [0.29, 0.717) is 6.54 Å². The number of nitrogens with one attached hydrogen (secondary N) is 1. The summed E-state index contributed by atoms with van der Waals surface area (Å²) in [6, 6.07) is 12.4. The number of aromatic nitrogens is 2. The van der Waals surface area contributed by atoms with Crippen molar-refractivity contribution in [2.24, 2.45) is 0 Å². The van der Waals surface area contributed by atoms with Crippen molar-refractivity contribution in [1.82, 2.24) is 14.7 Å². The Bertz CT molecular complexity index is 998. The molecular weight excluding hydrogens is 326 g/mol. The minimum atomic E-state index is -0.0254. The Balaban J connectivity index is 1.53. The maximum Gasteiger partial charge on any atom is 0.258 e. The standard InChI is InChI=1S/C17H15N3OS2/c1-11(15-8-12-4-2-3-5-14(12)23-15)18-10-13-9-16(21)20-6-7-22-17(20)19-13/h2-9,11,18H,10H2,1H3. The fraction of sp³-hybridized carbons (Fsp3) is 0.176. The highest BCUT2D eigenvalue weighted by Crippen LogP contribution is 2.29. The molecule has 3 aromatic heterocycles. The molecule has 0 spiro atoms. The molecule has 4 nitrogen and oxygen atoms in total. The molecule has 1 atom stereocenters. The molecular formula is C17H15N3OS2. The Morgan fingerprint density at radius 2 is 2.17 bits per heavy atom. The molecule has 6 heteroatoms. The maximum atomic E-state index is 12.0. The van der Waals surface area contributed by atoms with Gasteiger partial charge in [0.1, 0.15) is 0 Å². The number of thiazole rings is 1. The van der Waals surface area contributed by atoms with Gasteiger partial charge in [-0.3, -0.25) is 9.20 Å². The molecule has 0 saturated carbocycles. The van der Waals surface area contributed by atoms with Crippen molar-refractivity contribution in [2.45, 2.75) is 19.5 Å². The first-order valence-electron chi connectivity index (χ1n) is 7.38. The van der Waals surface area contributed by atoms with E-state index in [-0.39, 0.29) is 11.6 Å². The second kappa shape index (κ2) is 5.88. The summed E-state index contributed by atoms with van der Waals surface area (Å²) in [5.41, 5.74) is 0.757. The van der Waals surface area contributed by atoms with Crippen LogP contribution in [0.2, 0.25) is 0 Å². The van der Waals surface area contributed by atoms with Crippen LogP contribution in [0.25, 0.3) is 15.0 Å². The van der Waals surface area contributed by atoms with Gasteiger partial charge in [0.2, 0.25) is 0 Å². The van der Waals surface area contributed by atoms with Crippen LogP contribution < -0.4 is 10.9 Å². The zero-order valence-electron chi connectivity index (χ0n) is 12.5. The summed E-state index contributed by atoms with van der Waals surface area (Å²) < 4.78 is 2.87. The van der Waals surface area contributed by atoms with E-state index < -0.39 is 0 Å². The van der Waals surface area contributed by atoms with Gasteiger partial charge in [0, 0.05) is 39.8 Å². The second-order valence-electron chi connectivity index (χ2n) is 5.43. The van der Waals surface area contributed by atoms with Gasteiger partial charge in [-0.05, 0) is 24.4 Å². The van der Waals surface area contributed by atoms with Crippen molar-refractivity contribution in [3.8, 4) is 0 Å². The lowest BCUT2D eigenvalue weighted by Crippen LogP contribution is -2.21. The van der Waals surface area contributed by atoms with Crippen molar-refractivity contribution in [1.29, 1.82) is 0 Å². The normalized spacial score (nSPS) is 12.9. The quantitative estimate of drug-likeness (QED) is 0.614. The third kappa shape index (κ3) is 2.81. The number of fused-ring (bicyclic) bond motifs is 2. The van der Waals surface area contributed by atoms with Gasteiger partial charge in [-0.25, -0.2) is 4.98 Å². The Morgan fingerprint density at radius 1 is 1.30 bits per heavy atom. The second-order valence-corrected chi connectivity index (χ2v) is 7.42. The monoisotopic (exact) mass is 341 g/mol. The molecule has 23 heavy (non-hydrogen) atoms. The van der Waals surface area contributed by atoms with Crippen LogP contribution >= 0.6 is 22.7 Å². The lowest BCUT2D eigenvalue weighted by atomic mass is 10.2. The molecule has 3 heterocycles. The minimum absolute atomic E-state index is 0.0254. The molecule has 1 N–H and O–H groups in total. The zero-order chi connectivity index (χ0) is 15.8. The first-order chi connectivity index (χ1) is 11.2. The Hall–Kier alpha value is -2.02. The molecule has 4 aromatic rings. The van der Waals surface area contributed by atoms with Crippen LogP contribution in [0.1, 0.15) is 23.5 Å². The zero-order valence-corrected chi connectivity index (χ0v) is 14.2. The number of thiophene rings is 1. The van der Waals surface area contributed by atoms with E-state index in [1.807, 2.05) is 5.38 Å². The van der Waals surface area contributed by atoms with Gasteiger partial charge in [0.25, 0.3) is 5.56 Å². The van der Waals surface area contributed by atoms with Crippen molar-refractivity contribution < 1.29 is 0 Å². The molecule has 0 bridgehead atoms. The fourth-order valence-corrected chi connectivity index (χ4v) is 4.38. The Labute approximate surface area is 141 Å². The topological polar surface area (TPSA) is 46.4 Å². The lowest BCUT2D eigenvalue weighted by molar-refractivity contribution is 0.575. The minimum Gasteiger partial charge on any atom is -0.304 e. The van der Waals surface area contributed by atoms with Crippen LogP contribution in [0.15, 0.2) is 52.8 Å². The van der Waals surface area contributed by atoms with Crippen LogP contribution in [0.4, 0.5) is 0 Å². The molecule has 116 valence electrons. The molecule has 0 aliphatic carbocycles. The molecule has 1 aromatic carbocycles. The predicted octanol–water partition coefficient (Wildman–Crippen LogP) is 3.82. The van der Waals surface area contributed by atoms with Gasteiger partial charge in [-0.1, -0.05) is 18.2 Å². The largest absolute Gasteiger partial charge is 0.304 e. The molecule has 1 unspecified atom stereocenters.